The van der Waals surface area contributed by atoms with Crippen LogP contribution in [0.5, 0.6) is 0 Å². The van der Waals surface area contributed by atoms with Gasteiger partial charge in [-0.25, -0.2) is 0 Å². The Balaban J connectivity index is 0. The summed E-state index contributed by atoms with van der Waals surface area (Å²) >= 11 is 0. The zero-order valence-electron chi connectivity index (χ0n) is 2.01. The van der Waals surface area contributed by atoms with Crippen LogP contribution in [0.1, 0.15) is 0 Å². The first-order valence-electron chi connectivity index (χ1n) is 0. The van der Waals surface area contributed by atoms with Gasteiger partial charge in [0.1, 0.15) is 0 Å². The van der Waals surface area contributed by atoms with Crippen molar-refractivity contribution < 1.29 is 91.4 Å². The van der Waals surface area contributed by atoms with E-state index >= 15 is 0 Å². The van der Waals surface area contributed by atoms with Crippen LogP contribution >= 0.6 is 0 Å². The van der Waals surface area contributed by atoms with Crippen LogP contribution in [0.2, 0.25) is 0 Å². The second-order valence-corrected chi connectivity index (χ2v) is 0. The predicted octanol–water partition coefficient (Wildman–Crippen LogP) is -12.0. The van der Waals surface area contributed by atoms with Crippen molar-refractivity contribution in [2.75, 3.05) is 0 Å². The van der Waals surface area contributed by atoms with Gasteiger partial charge in [-0.15, -0.1) is 0 Å². The van der Waals surface area contributed by atoms with Crippen LogP contribution in [0, 0.1) is 41.7 Å². The first-order chi connectivity index (χ1) is 0. The normalized spacial score (nSPS) is 0. The Morgan fingerprint density at radius 1 is 0.400 bits per heavy atom. The van der Waals surface area contributed by atoms with Crippen molar-refractivity contribution in [1.82, 2.24) is 0 Å². The third-order valence-electron chi connectivity index (χ3n) is 0. The molecule has 0 fully saturated rings. The van der Waals surface area contributed by atoms with Crippen molar-refractivity contribution in [3.05, 3.63) is 0 Å². The summed E-state index contributed by atoms with van der Waals surface area (Å²) in [6.07, 6.45) is 0. The van der Waals surface area contributed by atoms with Gasteiger partial charge in [0.05, 0.1) is 0 Å². The average Bonchev–Trinajstić information content (AvgIpc) is 0. The molecule has 0 aliphatic heterocycles. The Kier molecular flexibility index (Phi) is 312. The SMILES string of the molecule is [Ce+3].[Cl-].[Cl-].[Cl-].[Cl-]. The quantitative estimate of drug-likeness (QED) is 0.414. The Labute approximate surface area is 89.9 Å². The largest absolute Gasteiger partial charge is 3.00 e. The summed E-state index contributed by atoms with van der Waals surface area (Å²) in [6, 6.07) is 0. The van der Waals surface area contributed by atoms with E-state index in [2.05, 4.69) is 0 Å². The van der Waals surface area contributed by atoms with Crippen LogP contribution in [0.3, 0.4) is 0 Å². The molecule has 0 spiro atoms. The topological polar surface area (TPSA) is 0 Å². The van der Waals surface area contributed by atoms with Crippen LogP contribution in [-0.2, 0) is 0 Å². The maximum atomic E-state index is 0. The molecule has 33 valence electrons. The van der Waals surface area contributed by atoms with Gasteiger partial charge in [-0.2, -0.15) is 0 Å². The summed E-state index contributed by atoms with van der Waals surface area (Å²) in [4.78, 5) is 0. The molecule has 0 aromatic rings. The second kappa shape index (κ2) is 31.1. The summed E-state index contributed by atoms with van der Waals surface area (Å²) in [6.45, 7) is 0. The van der Waals surface area contributed by atoms with Crippen molar-refractivity contribution in [1.29, 1.82) is 0 Å². The summed E-state index contributed by atoms with van der Waals surface area (Å²) in [5.74, 6) is 0. The molecule has 5 heavy (non-hydrogen) atoms. The molecule has 0 amide bonds. The Morgan fingerprint density at radius 3 is 0.400 bits per heavy atom. The molecule has 0 nitrogen and oxygen atoms in total. The molecule has 0 aliphatic rings. The third kappa shape index (κ3) is 20.9. The molecule has 1 radical (unpaired) electrons. The first kappa shape index (κ1) is 50.0. The summed E-state index contributed by atoms with van der Waals surface area (Å²) in [7, 11) is 0. The predicted molar refractivity (Wildman–Crippen MR) is 0 cm³/mol. The van der Waals surface area contributed by atoms with Crippen LogP contribution in [-0.4, -0.2) is 0 Å². The van der Waals surface area contributed by atoms with Crippen molar-refractivity contribution >= 4 is 0 Å². The standard InChI is InChI=1S/Ce.4ClH/h;4*1H/q+3;;;;/p-4. The van der Waals surface area contributed by atoms with Crippen LogP contribution in [0.4, 0.5) is 0 Å². The van der Waals surface area contributed by atoms with E-state index < -0.39 is 0 Å². The molecule has 0 heterocycles. The molecule has 0 aromatic carbocycles. The number of halogens is 4. The van der Waals surface area contributed by atoms with Gasteiger partial charge >= 0.3 is 41.7 Å². The molecule has 0 bridgehead atoms. The smallest absolute Gasteiger partial charge is 1.00 e. The fraction of sp³-hybridized carbons (Fsp3) is 0. The Bertz CT molecular complexity index is 3.61. The van der Waals surface area contributed by atoms with Crippen LogP contribution < -0.4 is 49.6 Å². The molecule has 0 saturated heterocycles. The van der Waals surface area contributed by atoms with Gasteiger partial charge < -0.3 is 49.6 Å². The van der Waals surface area contributed by atoms with Gasteiger partial charge in [-0.05, 0) is 0 Å². The van der Waals surface area contributed by atoms with E-state index in [1.807, 2.05) is 0 Å². The zero-order valence-corrected chi connectivity index (χ0v) is 8.18. The van der Waals surface area contributed by atoms with E-state index in [4.69, 9.17) is 0 Å². The maximum Gasteiger partial charge on any atom is 3.00 e. The van der Waals surface area contributed by atoms with Gasteiger partial charge in [0.2, 0.25) is 0 Å². The molecule has 0 N–H and O–H groups in total. The van der Waals surface area contributed by atoms with Crippen LogP contribution in [0.15, 0.2) is 0 Å². The molecule has 0 aromatic heterocycles. The molecule has 0 atom stereocenters. The monoisotopic (exact) mass is 280 g/mol. The molecule has 0 unspecified atom stereocenters. The van der Waals surface area contributed by atoms with Gasteiger partial charge in [0.15, 0.2) is 0 Å². The average molecular weight is 282 g/mol. The molecular formula is CeCl4-. The van der Waals surface area contributed by atoms with Crippen LogP contribution in [0.25, 0.3) is 0 Å². The number of rotatable bonds is 0. The van der Waals surface area contributed by atoms with Crippen molar-refractivity contribution in [2.24, 2.45) is 0 Å². The minimum atomic E-state index is 0. The molecule has 0 aliphatic carbocycles. The second-order valence-electron chi connectivity index (χ2n) is 0. The van der Waals surface area contributed by atoms with Gasteiger partial charge in [0.25, 0.3) is 0 Å². The third-order valence-corrected chi connectivity index (χ3v) is 0. The van der Waals surface area contributed by atoms with E-state index in [-0.39, 0.29) is 91.4 Å². The minimum Gasteiger partial charge on any atom is -1.00 e. The Hall–Kier alpha value is 2.54. The van der Waals surface area contributed by atoms with Gasteiger partial charge in [-0.1, -0.05) is 0 Å². The van der Waals surface area contributed by atoms with Crippen molar-refractivity contribution in [3.63, 3.8) is 0 Å². The van der Waals surface area contributed by atoms with E-state index in [1.165, 1.54) is 0 Å². The molecule has 0 rings (SSSR count). The van der Waals surface area contributed by atoms with Gasteiger partial charge in [-0.3, -0.25) is 0 Å². The number of hydrogen-bond donors (Lipinski definition) is 0. The maximum absolute atomic E-state index is 0. The molecule has 0 saturated carbocycles. The van der Waals surface area contributed by atoms with Crippen molar-refractivity contribution in [3.8, 4) is 0 Å². The van der Waals surface area contributed by atoms with E-state index in [9.17, 15) is 0 Å². The minimum absolute atomic E-state index is 0. The van der Waals surface area contributed by atoms with Crippen molar-refractivity contribution in [2.45, 2.75) is 0 Å². The first-order valence-corrected chi connectivity index (χ1v) is 0. The zero-order chi connectivity index (χ0) is 0. The summed E-state index contributed by atoms with van der Waals surface area (Å²) in [5.41, 5.74) is 0. The molecule has 5 heteroatoms. The fourth-order valence-corrected chi connectivity index (χ4v) is 0. The Morgan fingerprint density at radius 2 is 0.400 bits per heavy atom. The van der Waals surface area contributed by atoms with E-state index in [1.54, 1.807) is 0 Å². The summed E-state index contributed by atoms with van der Waals surface area (Å²) < 4.78 is 0. The van der Waals surface area contributed by atoms with E-state index in [0.717, 1.165) is 0 Å². The van der Waals surface area contributed by atoms with Gasteiger partial charge in [0, 0.05) is 0 Å². The number of hydrogen-bond acceptors (Lipinski definition) is 0. The molecular weight excluding hydrogens is 282 g/mol. The fourth-order valence-electron chi connectivity index (χ4n) is 0. The summed E-state index contributed by atoms with van der Waals surface area (Å²) in [5, 5.41) is 0. The van der Waals surface area contributed by atoms with E-state index in [0.29, 0.717) is 0 Å².